The number of rotatable bonds is 5. The van der Waals surface area contributed by atoms with Crippen molar-refractivity contribution in [1.82, 2.24) is 0 Å². The summed E-state index contributed by atoms with van der Waals surface area (Å²) in [6.07, 6.45) is 0.534. The van der Waals surface area contributed by atoms with E-state index in [0.717, 1.165) is 0 Å². The van der Waals surface area contributed by atoms with Gasteiger partial charge in [0.25, 0.3) is 0 Å². The molecule has 0 spiro atoms. The molecule has 0 saturated carbocycles. The van der Waals surface area contributed by atoms with Crippen molar-refractivity contribution in [2.75, 3.05) is 6.61 Å². The summed E-state index contributed by atoms with van der Waals surface area (Å²) in [7, 11) is 0. The average Bonchev–Trinajstić information content (AvgIpc) is 2.27. The van der Waals surface area contributed by atoms with Gasteiger partial charge in [-0.05, 0) is 31.5 Å². The molecule has 4 nitrogen and oxygen atoms in total. The Morgan fingerprint density at radius 3 is 2.71 bits per heavy atom. The van der Waals surface area contributed by atoms with E-state index in [4.69, 9.17) is 9.84 Å². The van der Waals surface area contributed by atoms with E-state index in [0.29, 0.717) is 10.9 Å². The van der Waals surface area contributed by atoms with Crippen molar-refractivity contribution in [2.24, 2.45) is 0 Å². The molecule has 0 aliphatic rings. The maximum Gasteiger partial charge on any atom is 0.339 e. The highest BCUT2D eigenvalue weighted by molar-refractivity contribution is 9.10. The molecule has 0 fully saturated rings. The lowest BCUT2D eigenvalue weighted by atomic mass is 10.1. The first-order chi connectivity index (χ1) is 7.85. The van der Waals surface area contributed by atoms with Gasteiger partial charge in [-0.15, -0.1) is 0 Å². The van der Waals surface area contributed by atoms with Gasteiger partial charge in [-0.3, -0.25) is 0 Å². The molecule has 5 heteroatoms. The highest BCUT2D eigenvalue weighted by Gasteiger charge is 2.20. The minimum Gasteiger partial charge on any atom is -0.490 e. The van der Waals surface area contributed by atoms with Crippen molar-refractivity contribution in [1.29, 1.82) is 0 Å². The third kappa shape index (κ3) is 4.02. The summed E-state index contributed by atoms with van der Waals surface area (Å²) in [5.74, 6) is -0.799. The normalized spacial score (nSPS) is 14.1. The Hall–Kier alpha value is -1.07. The molecule has 0 aliphatic heterocycles. The molecule has 0 aliphatic carbocycles. The number of carboxylic acids is 1. The maximum absolute atomic E-state index is 11.0. The van der Waals surface area contributed by atoms with Crippen LogP contribution in [0.3, 0.4) is 0 Å². The van der Waals surface area contributed by atoms with Crippen LogP contribution in [0.25, 0.3) is 0 Å². The van der Waals surface area contributed by atoms with Crippen LogP contribution < -0.4 is 4.74 Å². The lowest BCUT2D eigenvalue weighted by Crippen LogP contribution is -2.31. The van der Waals surface area contributed by atoms with Crippen LogP contribution >= 0.6 is 15.9 Å². The van der Waals surface area contributed by atoms with Crippen LogP contribution in [0.15, 0.2) is 22.7 Å². The molecule has 94 valence electrons. The first kappa shape index (κ1) is 14.0. The van der Waals surface area contributed by atoms with Crippen LogP contribution in [0.1, 0.15) is 30.6 Å². The third-order valence-electron chi connectivity index (χ3n) is 2.47. The van der Waals surface area contributed by atoms with Crippen LogP contribution in [-0.2, 0) is 0 Å². The predicted molar refractivity (Wildman–Crippen MR) is 67.5 cm³/mol. The van der Waals surface area contributed by atoms with E-state index in [1.807, 2.05) is 6.92 Å². The Morgan fingerprint density at radius 2 is 2.18 bits per heavy atom. The number of aliphatic hydroxyl groups is 1. The monoisotopic (exact) mass is 302 g/mol. The van der Waals surface area contributed by atoms with E-state index < -0.39 is 11.6 Å². The van der Waals surface area contributed by atoms with E-state index in [2.05, 4.69) is 15.9 Å². The van der Waals surface area contributed by atoms with E-state index in [9.17, 15) is 9.90 Å². The molecule has 1 aromatic rings. The summed E-state index contributed by atoms with van der Waals surface area (Å²) >= 11 is 3.20. The second kappa shape index (κ2) is 5.51. The fourth-order valence-corrected chi connectivity index (χ4v) is 1.49. The first-order valence-electron chi connectivity index (χ1n) is 5.24. The lowest BCUT2D eigenvalue weighted by Gasteiger charge is -2.22. The molecule has 2 N–H and O–H groups in total. The highest BCUT2D eigenvalue weighted by atomic mass is 79.9. The zero-order valence-corrected chi connectivity index (χ0v) is 11.3. The van der Waals surface area contributed by atoms with Crippen LogP contribution in [0.2, 0.25) is 0 Å². The first-order valence-corrected chi connectivity index (χ1v) is 6.03. The number of hydrogen-bond acceptors (Lipinski definition) is 3. The molecule has 1 unspecified atom stereocenters. The average molecular weight is 303 g/mol. The Labute approximate surface area is 108 Å². The van der Waals surface area contributed by atoms with E-state index in [1.165, 1.54) is 6.07 Å². The highest BCUT2D eigenvalue weighted by Crippen LogP contribution is 2.24. The second-order valence-electron chi connectivity index (χ2n) is 4.08. The van der Waals surface area contributed by atoms with Crippen molar-refractivity contribution in [3.05, 3.63) is 28.2 Å². The number of carboxylic acid groups (broad SMARTS) is 1. The SMILES string of the molecule is CCC(C)(O)COc1ccc(Br)cc1C(=O)O. The summed E-state index contributed by atoms with van der Waals surface area (Å²) in [5.41, 5.74) is -0.880. The molecular formula is C12H15BrO4. The zero-order chi connectivity index (χ0) is 13.1. The number of carbonyl (C=O) groups is 1. The molecule has 17 heavy (non-hydrogen) atoms. The van der Waals surface area contributed by atoms with Crippen molar-refractivity contribution in [2.45, 2.75) is 25.9 Å². The minimum absolute atomic E-state index is 0.0609. The van der Waals surface area contributed by atoms with Crippen LogP contribution in [-0.4, -0.2) is 28.4 Å². The van der Waals surface area contributed by atoms with E-state index >= 15 is 0 Å². The number of aromatic carboxylic acids is 1. The zero-order valence-electron chi connectivity index (χ0n) is 9.74. The second-order valence-corrected chi connectivity index (χ2v) is 5.00. The number of ether oxygens (including phenoxy) is 1. The van der Waals surface area contributed by atoms with E-state index in [-0.39, 0.29) is 17.9 Å². The molecule has 1 aromatic carbocycles. The van der Waals surface area contributed by atoms with Gasteiger partial charge in [0.15, 0.2) is 0 Å². The maximum atomic E-state index is 11.0. The van der Waals surface area contributed by atoms with Crippen molar-refractivity contribution in [3.63, 3.8) is 0 Å². The van der Waals surface area contributed by atoms with Gasteiger partial charge in [-0.25, -0.2) is 4.79 Å². The fraction of sp³-hybridized carbons (Fsp3) is 0.417. The van der Waals surface area contributed by atoms with E-state index in [1.54, 1.807) is 19.1 Å². The van der Waals surface area contributed by atoms with Crippen molar-refractivity contribution >= 4 is 21.9 Å². The molecule has 1 atom stereocenters. The van der Waals surface area contributed by atoms with Gasteiger partial charge in [-0.1, -0.05) is 22.9 Å². The van der Waals surface area contributed by atoms with Gasteiger partial charge < -0.3 is 14.9 Å². The number of benzene rings is 1. The van der Waals surface area contributed by atoms with Gasteiger partial charge in [0, 0.05) is 4.47 Å². The largest absolute Gasteiger partial charge is 0.490 e. The van der Waals surface area contributed by atoms with Crippen molar-refractivity contribution < 1.29 is 19.7 Å². The minimum atomic E-state index is -1.06. The summed E-state index contributed by atoms with van der Waals surface area (Å²) in [4.78, 5) is 11.0. The Morgan fingerprint density at radius 1 is 1.53 bits per heavy atom. The molecule has 0 saturated heterocycles. The quantitative estimate of drug-likeness (QED) is 0.877. The summed E-state index contributed by atoms with van der Waals surface area (Å²) in [5, 5.41) is 18.8. The molecular weight excluding hydrogens is 288 g/mol. The van der Waals surface area contributed by atoms with Gasteiger partial charge in [0.05, 0.1) is 5.60 Å². The van der Waals surface area contributed by atoms with Crippen LogP contribution in [0.4, 0.5) is 0 Å². The predicted octanol–water partition coefficient (Wildman–Crippen LogP) is 2.69. The lowest BCUT2D eigenvalue weighted by molar-refractivity contribution is 0.00788. The van der Waals surface area contributed by atoms with Crippen LogP contribution in [0, 0.1) is 0 Å². The van der Waals surface area contributed by atoms with Gasteiger partial charge in [0.2, 0.25) is 0 Å². The summed E-state index contributed by atoms with van der Waals surface area (Å²) in [6, 6.07) is 4.74. The Balaban J connectivity index is 2.88. The Bertz CT molecular complexity index is 415. The molecule has 0 aromatic heterocycles. The third-order valence-corrected chi connectivity index (χ3v) is 2.97. The number of halogens is 1. The Kier molecular flexibility index (Phi) is 4.54. The van der Waals surface area contributed by atoms with Crippen molar-refractivity contribution in [3.8, 4) is 5.75 Å². The summed E-state index contributed by atoms with van der Waals surface area (Å²) < 4.78 is 6.03. The number of hydrogen-bond donors (Lipinski definition) is 2. The molecule has 1 rings (SSSR count). The topological polar surface area (TPSA) is 66.8 Å². The molecule has 0 amide bonds. The van der Waals surface area contributed by atoms with Crippen LogP contribution in [0.5, 0.6) is 5.75 Å². The summed E-state index contributed by atoms with van der Waals surface area (Å²) in [6.45, 7) is 3.54. The van der Waals surface area contributed by atoms with Gasteiger partial charge >= 0.3 is 5.97 Å². The van der Waals surface area contributed by atoms with Gasteiger partial charge in [-0.2, -0.15) is 0 Å². The molecule has 0 radical (unpaired) electrons. The standard InChI is InChI=1S/C12H15BrO4/c1-3-12(2,16)7-17-10-5-4-8(13)6-9(10)11(14)15/h4-6,16H,3,7H2,1-2H3,(H,14,15). The molecule has 0 heterocycles. The fourth-order valence-electron chi connectivity index (χ4n) is 1.13. The smallest absolute Gasteiger partial charge is 0.339 e. The molecule has 0 bridgehead atoms. The van der Waals surface area contributed by atoms with Gasteiger partial charge in [0.1, 0.15) is 17.9 Å².